The zero-order valence-electron chi connectivity index (χ0n) is 117. The average molecular weight is 2100 g/mol. The van der Waals surface area contributed by atoms with E-state index in [2.05, 4.69) is 65.0 Å². The molecule has 4 saturated heterocycles. The highest BCUT2D eigenvalue weighted by Crippen LogP contribution is 2.38. The van der Waals surface area contributed by atoms with E-state index in [-0.39, 0.29) is 226 Å². The molecule has 0 bridgehead atoms. The van der Waals surface area contributed by atoms with Crippen molar-refractivity contribution in [1.82, 2.24) is 117 Å². The minimum absolute atomic E-state index is 0.0000962. The topological polar surface area (TPSA) is 489 Å². The number of nitrogens with zero attached hydrogens (tertiary/aromatic N) is 16. The number of H-pyrrole nitrogens is 4. The Bertz CT molecular complexity index is 8880. The van der Waals surface area contributed by atoms with Crippen molar-refractivity contribution in [3.05, 3.63) is 137 Å². The molecule has 4 aromatic carbocycles. The Labute approximate surface area is 893 Å². The lowest BCUT2D eigenvalue weighted by atomic mass is 10.1. The molecule has 4 aliphatic rings. The lowest BCUT2D eigenvalue weighted by molar-refractivity contribution is 0.297. The van der Waals surface area contributed by atoms with Gasteiger partial charge in [-0.2, -0.15) is 20.4 Å². The predicted molar refractivity (Wildman–Crippen MR) is 559 cm³/mol. The molecule has 0 amide bonds. The normalized spacial score (nSPS) is 22.0. The number of aromatic nitrogens is 16. The number of rotatable bonds is 44. The minimum atomic E-state index is -4.83. The monoisotopic (exact) mass is 2100 g/mol. The van der Waals surface area contributed by atoms with Crippen LogP contribution >= 0.6 is 0 Å². The molecule has 12 heterocycles. The van der Waals surface area contributed by atoms with Crippen molar-refractivity contribution < 1.29 is 102 Å². The lowest BCUT2D eigenvalue weighted by Gasteiger charge is -2.19. The number of aryl methyl sites for hydroxylation is 8. The molecular formula is C100H144N24O16S4. The van der Waals surface area contributed by atoms with Crippen molar-refractivity contribution >= 4 is 84.2 Å². The summed E-state index contributed by atoms with van der Waals surface area (Å²) in [6.45, 7) is -12.3. The van der Waals surface area contributed by atoms with Crippen molar-refractivity contribution in [3.63, 3.8) is 0 Å². The zero-order valence-corrected chi connectivity index (χ0v) is 84.2. The van der Waals surface area contributed by atoms with Crippen LogP contribution in [0.2, 0.25) is 0 Å². The van der Waals surface area contributed by atoms with Gasteiger partial charge < -0.3 is 58.5 Å². The second-order valence-electron chi connectivity index (χ2n) is 33.9. The van der Waals surface area contributed by atoms with Crippen molar-refractivity contribution in [2.45, 2.75) is 253 Å². The summed E-state index contributed by atoms with van der Waals surface area (Å²) in [5.41, 5.74) is -2.97. The first-order valence-corrected chi connectivity index (χ1v) is 53.2. The smallest absolute Gasteiger partial charge is 0.277 e. The van der Waals surface area contributed by atoms with E-state index >= 15 is 0 Å². The van der Waals surface area contributed by atoms with Crippen molar-refractivity contribution in [3.8, 4) is 68.5 Å². The first-order chi connectivity index (χ1) is 83.1. The Hall–Kier alpha value is -11.0. The molecule has 0 spiro atoms. The molecule has 12 aromatic rings. The minimum Gasteiger partial charge on any atom is -0.493 e. The maximum absolute atomic E-state index is 13.6. The number of likely N-dealkylation sites (tertiary alicyclic amines) is 4. The number of aromatic amines is 4. The standard InChI is InChI=1S/4C25H36N6O4S/c4*1-5-8-20-22-23(31(4)29-20)25(32)28-24(27-22)19-16-18(10-11-21(19)35-15-6-2)36(33,34)26-13-12-17-9-7-14-30(17)3/h4*10-11,16-17,26H,5-9,12-15H2,1-4H3,(H,27,28,32)/i3D3,8D2,12D2,13D2;3D3,4D3,12D2,13D2;3D3,4D3,12D2,13D;3D3,4D3,12D2. The fraction of sp³-hybridized carbons (Fsp3) is 0.560. The number of hydrogen-bond acceptors (Lipinski definition) is 28. The molecule has 16 rings (SSSR count). The highest BCUT2D eigenvalue weighted by atomic mass is 32.2. The molecule has 44 heteroatoms. The molecule has 5 unspecified atom stereocenters. The Morgan fingerprint density at radius 3 is 0.938 bits per heavy atom. The predicted octanol–water partition coefficient (Wildman–Crippen LogP) is 11.3. The van der Waals surface area contributed by atoms with Crippen LogP contribution in [0.25, 0.3) is 89.7 Å². The maximum Gasteiger partial charge on any atom is 0.277 e. The molecule has 784 valence electrons. The SMILES string of the molecule is [2H]C(NS(=O)(=O)c1ccc(OCCC)c(-c2nc3c(CCC)nn(C([2H])([2H])[2H])c3c(=O)[nH]2)c1)C([2H])([2H])C1CCCN1C([2H])([2H])[2H].[2H]C([2H])(CC)c1nn(C)c2c(=O)[nH]c(-c3cc(S(=O)(=O)NC([2H])([2H])C([2H])([2H])C4CCCN4C([2H])([2H])[2H])ccc3OCCC)nc12.[2H]C([2H])(CNS(=O)(=O)c1ccc(OCCC)c(-c2nc3c(CCC)nn(C([2H])([2H])[2H])c3c(=O)[nH]2)c1)C1CCCN1C([2H])([2H])[2H].[2H]C([2H])([2H])N1CCCC1C([2H])([2H])C([2H])([2H])NS(=O)(=O)c1ccc(OCCC)c(-c2nc3c(CCC)nn(C([2H])([2H])[2H])c3c(=O)[nH]2)c1. The van der Waals surface area contributed by atoms with Crippen LogP contribution in [-0.4, -0.2) is 263 Å². The first-order valence-electron chi connectivity index (χ1n) is 65.4. The van der Waals surface area contributed by atoms with E-state index < -0.39 is 208 Å². The van der Waals surface area contributed by atoms with Crippen LogP contribution in [0.1, 0.15) is 256 Å². The fourth-order valence-electron chi connectivity index (χ4n) is 16.1. The van der Waals surface area contributed by atoms with Gasteiger partial charge in [0, 0.05) is 128 Å². The number of ether oxygens (including phenoxy) is 4. The zero-order chi connectivity index (χ0) is 134. The van der Waals surface area contributed by atoms with Crippen molar-refractivity contribution in [2.75, 3.05) is 107 Å². The van der Waals surface area contributed by atoms with E-state index in [1.165, 1.54) is 54.2 Å². The number of nitrogens with one attached hydrogen (secondary N) is 8. The van der Waals surface area contributed by atoms with Gasteiger partial charge in [-0.25, -0.2) is 72.5 Å². The van der Waals surface area contributed by atoms with E-state index in [1.807, 2.05) is 53.2 Å². The van der Waals surface area contributed by atoms with Gasteiger partial charge in [-0.3, -0.25) is 37.9 Å². The van der Waals surface area contributed by atoms with Crippen molar-refractivity contribution in [1.29, 1.82) is 0 Å². The number of sulfonamides is 4. The summed E-state index contributed by atoms with van der Waals surface area (Å²) in [6, 6.07) is 9.42. The third-order valence-electron chi connectivity index (χ3n) is 23.2. The number of fused-ring (bicyclic) bond motifs is 4. The first kappa shape index (κ1) is 70.7. The van der Waals surface area contributed by atoms with Gasteiger partial charge in [0.15, 0.2) is 22.1 Å². The molecule has 0 aliphatic carbocycles. The van der Waals surface area contributed by atoms with E-state index in [1.54, 1.807) is 16.4 Å². The molecule has 40 nitrogen and oxygen atoms in total. The Balaban J connectivity index is 0.000000195. The van der Waals surface area contributed by atoms with E-state index in [0.29, 0.717) is 103 Å². The largest absolute Gasteiger partial charge is 0.493 e. The van der Waals surface area contributed by atoms with Crippen molar-refractivity contribution in [2.24, 2.45) is 28.0 Å². The second kappa shape index (κ2) is 49.9. The molecule has 4 aliphatic heterocycles. The van der Waals surface area contributed by atoms with Gasteiger partial charge in [0.25, 0.3) is 22.2 Å². The summed E-state index contributed by atoms with van der Waals surface area (Å²) in [4.78, 5) is 83.1. The number of hydrogen-bond donors (Lipinski definition) is 8. The van der Waals surface area contributed by atoms with Crippen LogP contribution in [0, 0.1) is 0 Å². The van der Waals surface area contributed by atoms with Gasteiger partial charge in [-0.15, -0.1) is 0 Å². The van der Waals surface area contributed by atoms with Gasteiger partial charge in [-0.1, -0.05) is 81.1 Å². The van der Waals surface area contributed by atoms with Gasteiger partial charge in [0.2, 0.25) is 40.1 Å². The molecule has 5 atom stereocenters. The van der Waals surface area contributed by atoms with Crippen LogP contribution < -0.4 is 60.1 Å². The Morgan fingerprint density at radius 2 is 0.639 bits per heavy atom. The average Bonchev–Trinajstić information content (AvgIpc) is 1.27. The molecule has 4 fully saturated rings. The summed E-state index contributed by atoms with van der Waals surface area (Å²) in [5, 5.41) is 16.5. The summed E-state index contributed by atoms with van der Waals surface area (Å²) >= 11 is 0. The molecular weight excluding hydrogens is 1920 g/mol. The van der Waals surface area contributed by atoms with Gasteiger partial charge in [0.1, 0.15) is 68.4 Å². The Morgan fingerprint density at radius 1 is 0.354 bits per heavy atom. The van der Waals surface area contributed by atoms with E-state index in [9.17, 15) is 52.8 Å². The van der Waals surface area contributed by atoms with Crippen LogP contribution in [0.4, 0.5) is 0 Å². The molecule has 8 N–H and O–H groups in total. The van der Waals surface area contributed by atoms with Gasteiger partial charge in [-0.05, 0) is 255 Å². The lowest BCUT2D eigenvalue weighted by Crippen LogP contribution is -2.31. The van der Waals surface area contributed by atoms with E-state index in [0.717, 1.165) is 49.9 Å². The molecule has 144 heavy (non-hydrogen) atoms. The van der Waals surface area contributed by atoms with Crippen LogP contribution in [0.3, 0.4) is 0 Å². The summed E-state index contributed by atoms with van der Waals surface area (Å²) in [5.74, 6) is 0.104. The summed E-state index contributed by atoms with van der Waals surface area (Å²) < 4.78 is 432. The van der Waals surface area contributed by atoms with Crippen LogP contribution in [0.5, 0.6) is 23.0 Å². The summed E-state index contributed by atoms with van der Waals surface area (Å²) in [6.07, 6.45) is -5.68. The quantitative estimate of drug-likeness (QED) is 0.0176. The van der Waals surface area contributed by atoms with E-state index in [4.69, 9.17) is 68.3 Å². The second-order valence-corrected chi connectivity index (χ2v) is 40.8. The highest BCUT2D eigenvalue weighted by molar-refractivity contribution is 7.90. The highest BCUT2D eigenvalue weighted by Gasteiger charge is 2.32. The van der Waals surface area contributed by atoms with Gasteiger partial charge >= 0.3 is 0 Å². The third kappa shape index (κ3) is 26.5. The molecule has 0 saturated carbocycles. The van der Waals surface area contributed by atoms with Crippen LogP contribution in [0.15, 0.2) is 112 Å². The molecule has 0 radical (unpaired) electrons. The summed E-state index contributed by atoms with van der Waals surface area (Å²) in [7, 11) is -17.1. The van der Waals surface area contributed by atoms with Gasteiger partial charge in [0.05, 0.1) is 91.0 Å². The molecule has 8 aromatic heterocycles. The van der Waals surface area contributed by atoms with Crippen LogP contribution in [-0.2, 0) is 93.7 Å². The maximum atomic E-state index is 13.6. The number of benzene rings is 4. The fourth-order valence-corrected chi connectivity index (χ4v) is 19.6. The third-order valence-corrected chi connectivity index (χ3v) is 28.4. The Kier molecular flexibility index (Phi) is 24.5.